The van der Waals surface area contributed by atoms with E-state index >= 15 is 0 Å². The van der Waals surface area contributed by atoms with Crippen molar-refractivity contribution in [1.29, 1.82) is 0 Å². The van der Waals surface area contributed by atoms with E-state index in [1.54, 1.807) is 0 Å². The molecule has 0 saturated carbocycles. The molecule has 0 aromatic heterocycles. The van der Waals surface area contributed by atoms with Crippen molar-refractivity contribution in [3.8, 4) is 0 Å². The topological polar surface area (TPSA) is 207 Å². The second kappa shape index (κ2) is 10.1. The van der Waals surface area contributed by atoms with Gasteiger partial charge in [0.25, 0.3) is 0 Å². The van der Waals surface area contributed by atoms with Gasteiger partial charge in [0.1, 0.15) is 48.7 Å². The second-order valence-corrected chi connectivity index (χ2v) is 7.04. The van der Waals surface area contributed by atoms with E-state index in [2.05, 4.69) is 10.6 Å². The lowest BCUT2D eigenvalue weighted by molar-refractivity contribution is -0.297. The third-order valence-electron chi connectivity index (χ3n) is 4.77. The SMILES string of the molecule is CC(=O)N[C@H]1[C@H](OC[C@H]2OC(O)[C@H](NC(C)=O)[C@@H](O)[C@@H]2O)O[C@H](CO)[C@@H](O)[C@@H]1O. The fourth-order valence-corrected chi connectivity index (χ4v) is 3.28. The third kappa shape index (κ3) is 5.59. The molecule has 2 aliphatic heterocycles. The Labute approximate surface area is 166 Å². The van der Waals surface area contributed by atoms with Crippen molar-refractivity contribution in [2.45, 2.75) is 75.1 Å². The number of rotatable bonds is 6. The van der Waals surface area contributed by atoms with Crippen LogP contribution in [0.15, 0.2) is 0 Å². The Morgan fingerprint density at radius 2 is 1.34 bits per heavy atom. The average Bonchev–Trinajstić information content (AvgIpc) is 2.65. The van der Waals surface area contributed by atoms with Crippen molar-refractivity contribution >= 4 is 11.8 Å². The van der Waals surface area contributed by atoms with Crippen LogP contribution in [0, 0.1) is 0 Å². The summed E-state index contributed by atoms with van der Waals surface area (Å²) in [6.07, 6.45) is -11.5. The average molecular weight is 424 g/mol. The van der Waals surface area contributed by atoms with Crippen molar-refractivity contribution < 1.29 is 54.4 Å². The number of aliphatic hydroxyl groups is 6. The minimum absolute atomic E-state index is 0.455. The highest BCUT2D eigenvalue weighted by molar-refractivity contribution is 5.73. The van der Waals surface area contributed by atoms with Crippen LogP contribution in [0.4, 0.5) is 0 Å². The van der Waals surface area contributed by atoms with Crippen LogP contribution in [0.5, 0.6) is 0 Å². The van der Waals surface area contributed by atoms with Gasteiger partial charge in [-0.1, -0.05) is 0 Å². The van der Waals surface area contributed by atoms with Gasteiger partial charge in [0.15, 0.2) is 12.6 Å². The molecule has 13 heteroatoms. The van der Waals surface area contributed by atoms with E-state index in [0.717, 1.165) is 0 Å². The third-order valence-corrected chi connectivity index (χ3v) is 4.77. The zero-order valence-electron chi connectivity index (χ0n) is 15.9. The molecule has 2 amide bonds. The molecule has 2 heterocycles. The zero-order valence-corrected chi connectivity index (χ0v) is 15.9. The minimum atomic E-state index is -1.64. The fourth-order valence-electron chi connectivity index (χ4n) is 3.28. The summed E-state index contributed by atoms with van der Waals surface area (Å²) in [5.74, 6) is -1.09. The minimum Gasteiger partial charge on any atom is -0.394 e. The van der Waals surface area contributed by atoms with Gasteiger partial charge in [-0.05, 0) is 0 Å². The highest BCUT2D eigenvalue weighted by Crippen LogP contribution is 2.25. The number of carbonyl (C=O) groups excluding carboxylic acids is 2. The van der Waals surface area contributed by atoms with Gasteiger partial charge in [-0.15, -0.1) is 0 Å². The lowest BCUT2D eigenvalue weighted by Crippen LogP contribution is -2.66. The maximum atomic E-state index is 11.4. The van der Waals surface area contributed by atoms with Crippen LogP contribution in [-0.2, 0) is 23.8 Å². The highest BCUT2D eigenvalue weighted by atomic mass is 16.7. The normalized spacial score (nSPS) is 42.9. The molecule has 0 spiro atoms. The maximum Gasteiger partial charge on any atom is 0.217 e. The van der Waals surface area contributed by atoms with E-state index in [4.69, 9.17) is 14.2 Å². The van der Waals surface area contributed by atoms with Crippen LogP contribution >= 0.6 is 0 Å². The van der Waals surface area contributed by atoms with Crippen molar-refractivity contribution in [1.82, 2.24) is 10.6 Å². The molecule has 168 valence electrons. The lowest BCUT2D eigenvalue weighted by Gasteiger charge is -2.44. The Kier molecular flexibility index (Phi) is 8.28. The summed E-state index contributed by atoms with van der Waals surface area (Å²) in [6, 6.07) is -2.46. The van der Waals surface area contributed by atoms with Crippen LogP contribution in [0.2, 0.25) is 0 Å². The van der Waals surface area contributed by atoms with Crippen molar-refractivity contribution in [3.63, 3.8) is 0 Å². The molecule has 2 rings (SSSR count). The molecule has 0 radical (unpaired) electrons. The molecular weight excluding hydrogens is 396 g/mol. The van der Waals surface area contributed by atoms with Gasteiger partial charge in [0.2, 0.25) is 11.8 Å². The molecule has 10 atom stereocenters. The van der Waals surface area contributed by atoms with Crippen LogP contribution in [0.1, 0.15) is 13.8 Å². The molecule has 8 N–H and O–H groups in total. The smallest absolute Gasteiger partial charge is 0.217 e. The summed E-state index contributed by atoms with van der Waals surface area (Å²) in [5, 5.41) is 64.4. The van der Waals surface area contributed by atoms with E-state index in [1.165, 1.54) is 13.8 Å². The Balaban J connectivity index is 2.05. The predicted molar refractivity (Wildman–Crippen MR) is 91.8 cm³/mol. The highest BCUT2D eigenvalue weighted by Gasteiger charge is 2.48. The Hall–Kier alpha value is -1.42. The first-order valence-electron chi connectivity index (χ1n) is 9.04. The number of aliphatic hydroxyl groups excluding tert-OH is 6. The summed E-state index contributed by atoms with van der Waals surface area (Å²) >= 11 is 0. The molecule has 29 heavy (non-hydrogen) atoms. The van der Waals surface area contributed by atoms with Gasteiger partial charge in [0, 0.05) is 13.8 Å². The van der Waals surface area contributed by atoms with E-state index in [-0.39, 0.29) is 0 Å². The number of hydrogen-bond donors (Lipinski definition) is 8. The molecule has 0 aliphatic carbocycles. The zero-order chi connectivity index (χ0) is 21.9. The molecule has 2 aliphatic rings. The van der Waals surface area contributed by atoms with Gasteiger partial charge in [-0.25, -0.2) is 0 Å². The summed E-state index contributed by atoms with van der Waals surface area (Å²) < 4.78 is 16.0. The molecule has 13 nitrogen and oxygen atoms in total. The van der Waals surface area contributed by atoms with Gasteiger partial charge in [-0.3, -0.25) is 9.59 Å². The van der Waals surface area contributed by atoms with E-state index in [1.807, 2.05) is 0 Å². The first-order valence-corrected chi connectivity index (χ1v) is 9.04. The number of ether oxygens (including phenoxy) is 3. The monoisotopic (exact) mass is 424 g/mol. The standard InChI is InChI=1S/C16H28N2O11/c1-5(20)17-9-13(24)12(23)8(28-15(9)26)4-27-16-10(18-6(2)21)14(25)11(22)7(3-19)29-16/h7-16,19,22-26H,3-4H2,1-2H3,(H,17,20)(H,18,21)/t7-,8-,9-,10-,11-,12-,13-,14-,15?,16-/m1/s1. The summed E-state index contributed by atoms with van der Waals surface area (Å²) in [7, 11) is 0. The molecule has 2 saturated heterocycles. The Morgan fingerprint density at radius 3 is 1.90 bits per heavy atom. The fraction of sp³-hybridized carbons (Fsp3) is 0.875. The Morgan fingerprint density at radius 1 is 0.828 bits per heavy atom. The van der Waals surface area contributed by atoms with Gasteiger partial charge in [-0.2, -0.15) is 0 Å². The molecule has 0 aromatic rings. The molecule has 1 unspecified atom stereocenters. The first-order chi connectivity index (χ1) is 13.6. The van der Waals surface area contributed by atoms with Crippen molar-refractivity contribution in [2.75, 3.05) is 13.2 Å². The number of amides is 2. The number of nitrogens with one attached hydrogen (secondary N) is 2. The van der Waals surface area contributed by atoms with E-state index in [0.29, 0.717) is 0 Å². The number of hydrogen-bond acceptors (Lipinski definition) is 11. The maximum absolute atomic E-state index is 11.4. The van der Waals surface area contributed by atoms with Crippen LogP contribution < -0.4 is 10.6 Å². The quantitative estimate of drug-likeness (QED) is 0.202. The van der Waals surface area contributed by atoms with Crippen LogP contribution in [0.25, 0.3) is 0 Å². The molecule has 0 aromatic carbocycles. The lowest BCUT2D eigenvalue weighted by atomic mass is 9.96. The summed E-state index contributed by atoms with van der Waals surface area (Å²) in [4.78, 5) is 22.6. The van der Waals surface area contributed by atoms with Gasteiger partial charge >= 0.3 is 0 Å². The first kappa shape index (κ1) is 23.9. The summed E-state index contributed by atoms with van der Waals surface area (Å²) in [6.45, 7) is 1.26. The van der Waals surface area contributed by atoms with Crippen LogP contribution in [0.3, 0.4) is 0 Å². The summed E-state index contributed by atoms with van der Waals surface area (Å²) in [5.41, 5.74) is 0. The molecule has 2 fully saturated rings. The largest absolute Gasteiger partial charge is 0.394 e. The van der Waals surface area contributed by atoms with Gasteiger partial charge < -0.3 is 55.5 Å². The number of carbonyl (C=O) groups is 2. The molecule has 0 bridgehead atoms. The van der Waals surface area contributed by atoms with E-state index in [9.17, 15) is 40.2 Å². The van der Waals surface area contributed by atoms with Crippen molar-refractivity contribution in [3.05, 3.63) is 0 Å². The predicted octanol–water partition coefficient (Wildman–Crippen LogP) is -5.11. The van der Waals surface area contributed by atoms with Crippen molar-refractivity contribution in [2.24, 2.45) is 0 Å². The second-order valence-electron chi connectivity index (χ2n) is 7.04. The Bertz CT molecular complexity index is 579. The van der Waals surface area contributed by atoms with E-state index < -0.39 is 86.3 Å². The molecular formula is C16H28N2O11. The van der Waals surface area contributed by atoms with Gasteiger partial charge in [0.05, 0.1) is 13.2 Å². The van der Waals surface area contributed by atoms with Crippen LogP contribution in [-0.4, -0.2) is 117 Å².